The zero-order valence-electron chi connectivity index (χ0n) is 25.7. The molecule has 2 unspecified atom stereocenters. The average molecular weight is 630 g/mol. The van der Waals surface area contributed by atoms with Crippen molar-refractivity contribution in [1.29, 1.82) is 0 Å². The van der Waals surface area contributed by atoms with E-state index in [4.69, 9.17) is 35.3 Å². The smallest absolute Gasteiger partial charge is 0.437 e. The van der Waals surface area contributed by atoms with Crippen molar-refractivity contribution < 1.29 is 37.8 Å². The molecule has 2 saturated heterocycles. The van der Waals surface area contributed by atoms with Crippen LogP contribution in [0.25, 0.3) is 11.1 Å². The van der Waals surface area contributed by atoms with Gasteiger partial charge >= 0.3 is 12.1 Å². The molecular formula is C30H40FN7O7. The van der Waals surface area contributed by atoms with Crippen LogP contribution in [0.1, 0.15) is 45.6 Å². The van der Waals surface area contributed by atoms with Gasteiger partial charge in [0.2, 0.25) is 5.95 Å². The van der Waals surface area contributed by atoms with E-state index in [0.29, 0.717) is 37.8 Å². The fourth-order valence-electron chi connectivity index (χ4n) is 4.28. The van der Waals surface area contributed by atoms with Crippen LogP contribution in [0.15, 0.2) is 40.7 Å². The Balaban J connectivity index is 1.27. The van der Waals surface area contributed by atoms with Crippen LogP contribution in [0.5, 0.6) is 0 Å². The van der Waals surface area contributed by atoms with Gasteiger partial charge in [-0.25, -0.2) is 19.2 Å². The standard InChI is InChI=1S/C30H40FN7O7/c1-30(2,3)26(39)43-16-19(15-42-24-9-4-5-10-41-24)17-45-37-22-13-38(14-22)28-34-11-21(12-35-28)23-8-6-7-20(25(23)31)18-44-29(40)36-27(32)33/h6-8,11-12,19,24H,4-5,9-10,13-18H2,1-3H3,(H4,32,33,36,40). The molecule has 244 valence electrons. The Morgan fingerprint density at radius 3 is 2.53 bits per heavy atom. The van der Waals surface area contributed by atoms with Gasteiger partial charge in [-0.2, -0.15) is 0 Å². The molecule has 2 aliphatic rings. The molecule has 0 saturated carbocycles. The second-order valence-corrected chi connectivity index (χ2v) is 11.8. The zero-order chi connectivity index (χ0) is 32.4. The summed E-state index contributed by atoms with van der Waals surface area (Å²) in [4.78, 5) is 43.3. The number of carbonyl (C=O) groups excluding carboxylic acids is 2. The first-order valence-corrected chi connectivity index (χ1v) is 14.7. The monoisotopic (exact) mass is 629 g/mol. The Hall–Kier alpha value is -4.37. The number of amides is 1. The molecule has 2 aliphatic heterocycles. The average Bonchev–Trinajstić information content (AvgIpc) is 2.98. The third-order valence-corrected chi connectivity index (χ3v) is 6.85. The molecule has 1 aromatic carbocycles. The SMILES string of the molecule is CC(C)(C)C(=O)OCC(CON=C1CN(c2ncc(-c3cccc(COC(=O)N=C(N)N)c3F)cn2)C1)COC1CCCCO1. The minimum atomic E-state index is -1.02. The topological polar surface area (TPSA) is 186 Å². The molecule has 2 fully saturated rings. The van der Waals surface area contributed by atoms with Gasteiger partial charge in [0.25, 0.3) is 0 Å². The lowest BCUT2D eigenvalue weighted by atomic mass is 9.97. The number of aliphatic imine (C=N–C) groups is 1. The third kappa shape index (κ3) is 10.1. The van der Waals surface area contributed by atoms with Gasteiger partial charge in [0, 0.05) is 35.7 Å². The molecule has 0 radical (unpaired) electrons. The van der Waals surface area contributed by atoms with E-state index >= 15 is 4.39 Å². The fourth-order valence-corrected chi connectivity index (χ4v) is 4.28. The summed E-state index contributed by atoms with van der Waals surface area (Å²) in [5, 5.41) is 4.23. The number of aromatic nitrogens is 2. The molecule has 4 N–H and O–H groups in total. The van der Waals surface area contributed by atoms with Gasteiger partial charge in [-0.05, 0) is 40.0 Å². The van der Waals surface area contributed by atoms with E-state index in [9.17, 15) is 9.59 Å². The van der Waals surface area contributed by atoms with Crippen LogP contribution < -0.4 is 16.4 Å². The van der Waals surface area contributed by atoms with Gasteiger partial charge in [-0.3, -0.25) is 4.79 Å². The fraction of sp³-hybridized carbons (Fsp3) is 0.533. The van der Waals surface area contributed by atoms with Crippen molar-refractivity contribution in [3.05, 3.63) is 42.0 Å². The van der Waals surface area contributed by atoms with Crippen LogP contribution in [0, 0.1) is 17.2 Å². The van der Waals surface area contributed by atoms with Crippen molar-refractivity contribution >= 4 is 29.7 Å². The second-order valence-electron chi connectivity index (χ2n) is 11.8. The van der Waals surface area contributed by atoms with Gasteiger partial charge in [-0.1, -0.05) is 23.4 Å². The molecule has 4 rings (SSSR count). The summed E-state index contributed by atoms with van der Waals surface area (Å²) in [7, 11) is 0. The predicted molar refractivity (Wildman–Crippen MR) is 162 cm³/mol. The molecule has 2 atom stereocenters. The Morgan fingerprint density at radius 1 is 1.11 bits per heavy atom. The van der Waals surface area contributed by atoms with E-state index in [1.54, 1.807) is 32.9 Å². The highest BCUT2D eigenvalue weighted by molar-refractivity contribution is 5.98. The van der Waals surface area contributed by atoms with Crippen molar-refractivity contribution in [3.63, 3.8) is 0 Å². The molecule has 0 spiro atoms. The number of halogens is 1. The Morgan fingerprint density at radius 2 is 1.87 bits per heavy atom. The first kappa shape index (κ1) is 33.5. The van der Waals surface area contributed by atoms with Crippen molar-refractivity contribution in [2.24, 2.45) is 32.9 Å². The molecule has 0 bridgehead atoms. The number of hydrogen-bond acceptors (Lipinski definition) is 11. The van der Waals surface area contributed by atoms with Crippen molar-refractivity contribution in [1.82, 2.24) is 9.97 Å². The lowest BCUT2D eigenvalue weighted by molar-refractivity contribution is -0.178. The van der Waals surface area contributed by atoms with Gasteiger partial charge in [0.15, 0.2) is 12.2 Å². The van der Waals surface area contributed by atoms with Crippen LogP contribution in [0.3, 0.4) is 0 Å². The second kappa shape index (κ2) is 15.6. The first-order valence-electron chi connectivity index (χ1n) is 14.7. The summed E-state index contributed by atoms with van der Waals surface area (Å²) < 4.78 is 37.0. The molecule has 15 heteroatoms. The van der Waals surface area contributed by atoms with Crippen molar-refractivity contribution in [3.8, 4) is 11.1 Å². The number of benzene rings is 1. The number of rotatable bonds is 12. The van der Waals surface area contributed by atoms with Gasteiger partial charge in [0.05, 0.1) is 43.3 Å². The molecule has 2 aromatic rings. The van der Waals surface area contributed by atoms with Gasteiger partial charge < -0.3 is 40.2 Å². The highest BCUT2D eigenvalue weighted by atomic mass is 19.1. The quantitative estimate of drug-likeness (QED) is 0.151. The van der Waals surface area contributed by atoms with Crippen molar-refractivity contribution in [2.75, 3.05) is 44.4 Å². The molecule has 45 heavy (non-hydrogen) atoms. The number of anilines is 1. The van der Waals surface area contributed by atoms with Crippen LogP contribution in [0.4, 0.5) is 15.1 Å². The van der Waals surface area contributed by atoms with Crippen LogP contribution in [-0.2, 0) is 35.2 Å². The summed E-state index contributed by atoms with van der Waals surface area (Å²) >= 11 is 0. The summed E-state index contributed by atoms with van der Waals surface area (Å²) in [6.45, 7) is 7.30. The molecule has 3 heterocycles. The van der Waals surface area contributed by atoms with E-state index in [1.807, 2.05) is 4.90 Å². The van der Waals surface area contributed by atoms with Gasteiger partial charge in [-0.15, -0.1) is 4.99 Å². The lowest BCUT2D eigenvalue weighted by Crippen LogP contribution is -2.48. The summed E-state index contributed by atoms with van der Waals surface area (Å²) in [5.41, 5.74) is 11.3. The maximum atomic E-state index is 15.1. The van der Waals surface area contributed by atoms with Gasteiger partial charge in [0.1, 0.15) is 19.0 Å². The normalized spacial score (nSPS) is 17.1. The Kier molecular flexibility index (Phi) is 11.6. The van der Waals surface area contributed by atoms with E-state index in [2.05, 4.69) is 20.1 Å². The highest BCUT2D eigenvalue weighted by Gasteiger charge is 2.27. The minimum absolute atomic E-state index is 0.141. The molecule has 0 aliphatic carbocycles. The number of ether oxygens (including phenoxy) is 4. The molecule has 1 aromatic heterocycles. The number of guanidine groups is 1. The van der Waals surface area contributed by atoms with E-state index < -0.39 is 23.3 Å². The Labute approximate surface area is 260 Å². The largest absolute Gasteiger partial charge is 0.465 e. The number of esters is 1. The van der Waals surface area contributed by atoms with Crippen LogP contribution in [0.2, 0.25) is 0 Å². The van der Waals surface area contributed by atoms with E-state index in [0.717, 1.165) is 25.0 Å². The maximum absolute atomic E-state index is 15.1. The molecule has 1 amide bonds. The Bertz CT molecular complexity index is 1360. The van der Waals surface area contributed by atoms with Crippen LogP contribution in [-0.4, -0.2) is 79.5 Å². The highest BCUT2D eigenvalue weighted by Crippen LogP contribution is 2.26. The minimum Gasteiger partial charge on any atom is -0.465 e. The summed E-state index contributed by atoms with van der Waals surface area (Å²) in [6.07, 6.45) is 4.65. The summed E-state index contributed by atoms with van der Waals surface area (Å²) in [6, 6.07) is 4.69. The van der Waals surface area contributed by atoms with Crippen LogP contribution >= 0.6 is 0 Å². The number of oxime groups is 1. The zero-order valence-corrected chi connectivity index (χ0v) is 25.7. The maximum Gasteiger partial charge on any atom is 0.437 e. The number of hydrogen-bond donors (Lipinski definition) is 2. The first-order chi connectivity index (χ1) is 21.5. The number of nitrogens with two attached hydrogens (primary N) is 2. The van der Waals surface area contributed by atoms with E-state index in [1.165, 1.54) is 18.5 Å². The molecule has 14 nitrogen and oxygen atoms in total. The predicted octanol–water partition coefficient (Wildman–Crippen LogP) is 3.13. The number of carbonyl (C=O) groups is 2. The number of nitrogens with zero attached hydrogens (tertiary/aromatic N) is 5. The molecular weight excluding hydrogens is 589 g/mol. The van der Waals surface area contributed by atoms with Crippen molar-refractivity contribution in [2.45, 2.75) is 52.9 Å². The van der Waals surface area contributed by atoms with E-state index in [-0.39, 0.29) is 49.1 Å². The summed E-state index contributed by atoms with van der Waals surface area (Å²) in [5.74, 6) is -1.09. The third-order valence-electron chi connectivity index (χ3n) is 6.85. The lowest BCUT2D eigenvalue weighted by Gasteiger charge is -2.32.